The molecular formula is C15H14N2O6S. The predicted molar refractivity (Wildman–Crippen MR) is 83.8 cm³/mol. The Bertz CT molecular complexity index is 819. The highest BCUT2D eigenvalue weighted by atomic mass is 32.2. The van der Waals surface area contributed by atoms with Gasteiger partial charge in [0.05, 0.1) is 18.4 Å². The van der Waals surface area contributed by atoms with Crippen LogP contribution in [0.2, 0.25) is 0 Å². The highest BCUT2D eigenvalue weighted by molar-refractivity contribution is 7.89. The van der Waals surface area contributed by atoms with Crippen LogP contribution in [0.25, 0.3) is 0 Å². The Hall–Kier alpha value is -2.94. The number of rotatable bonds is 5. The van der Waals surface area contributed by atoms with E-state index in [0.717, 1.165) is 13.3 Å². The second-order valence-electron chi connectivity index (χ2n) is 4.62. The lowest BCUT2D eigenvalue weighted by atomic mass is 10.2. The van der Waals surface area contributed by atoms with Crippen LogP contribution in [0, 0.1) is 0 Å². The molecule has 0 unspecified atom stereocenters. The van der Waals surface area contributed by atoms with Crippen molar-refractivity contribution >= 4 is 22.1 Å². The van der Waals surface area contributed by atoms with Crippen molar-refractivity contribution in [2.75, 3.05) is 7.11 Å². The summed E-state index contributed by atoms with van der Waals surface area (Å²) in [7, 11) is -2.71. The number of aromatic nitrogens is 1. The monoisotopic (exact) mass is 350 g/mol. The van der Waals surface area contributed by atoms with Crippen molar-refractivity contribution < 1.29 is 27.5 Å². The molecule has 0 radical (unpaired) electrons. The number of hydrogen-bond donors (Lipinski definition) is 1. The van der Waals surface area contributed by atoms with Gasteiger partial charge in [0, 0.05) is 12.3 Å². The van der Waals surface area contributed by atoms with E-state index < -0.39 is 22.1 Å². The zero-order valence-corrected chi connectivity index (χ0v) is 13.4. The van der Waals surface area contributed by atoms with Crippen molar-refractivity contribution in [1.82, 2.24) is 9.71 Å². The molecule has 0 aliphatic heterocycles. The first-order valence-corrected chi connectivity index (χ1v) is 8.35. The molecule has 1 N–H and O–H groups in total. The van der Waals surface area contributed by atoms with E-state index in [4.69, 9.17) is 0 Å². The van der Waals surface area contributed by atoms with Crippen molar-refractivity contribution in [3.8, 4) is 5.88 Å². The highest BCUT2D eigenvalue weighted by Gasteiger charge is 2.17. The number of sulfonamides is 1. The number of nitrogens with zero attached hydrogens (tertiary/aromatic N) is 1. The van der Waals surface area contributed by atoms with E-state index >= 15 is 0 Å². The maximum atomic E-state index is 12.0. The van der Waals surface area contributed by atoms with Gasteiger partial charge in [-0.3, -0.25) is 4.79 Å². The average molecular weight is 350 g/mol. The summed E-state index contributed by atoms with van der Waals surface area (Å²) in [4.78, 5) is 26.6. The SMILES string of the molecule is COC(=O)Oc1ccc(C(=O)NS(=O)(=O)Cc2ccccc2)cn1. The minimum Gasteiger partial charge on any atom is -0.437 e. The summed E-state index contributed by atoms with van der Waals surface area (Å²) < 4.78 is 34.9. The molecule has 0 saturated heterocycles. The quantitative estimate of drug-likeness (QED) is 0.813. The van der Waals surface area contributed by atoms with Gasteiger partial charge in [-0.05, 0) is 11.6 Å². The predicted octanol–water partition coefficient (Wildman–Crippen LogP) is 1.49. The van der Waals surface area contributed by atoms with E-state index in [0.29, 0.717) is 5.56 Å². The maximum absolute atomic E-state index is 12.0. The molecule has 0 saturated carbocycles. The van der Waals surface area contributed by atoms with Gasteiger partial charge in [0.25, 0.3) is 5.91 Å². The van der Waals surface area contributed by atoms with Gasteiger partial charge in [-0.2, -0.15) is 0 Å². The number of hydrogen-bond acceptors (Lipinski definition) is 7. The molecule has 8 nitrogen and oxygen atoms in total. The number of pyridine rings is 1. The third-order valence-corrected chi connectivity index (χ3v) is 4.01. The molecule has 0 atom stereocenters. The van der Waals surface area contributed by atoms with Crippen LogP contribution in [0.1, 0.15) is 15.9 Å². The fourth-order valence-corrected chi connectivity index (χ4v) is 2.84. The van der Waals surface area contributed by atoms with Crippen LogP contribution >= 0.6 is 0 Å². The minimum absolute atomic E-state index is 0.00357. The van der Waals surface area contributed by atoms with Crippen molar-refractivity contribution in [1.29, 1.82) is 0 Å². The molecule has 0 aliphatic rings. The molecule has 0 bridgehead atoms. The molecule has 1 aromatic carbocycles. The Balaban J connectivity index is 2.02. The minimum atomic E-state index is -3.85. The molecule has 0 spiro atoms. The van der Waals surface area contributed by atoms with Crippen molar-refractivity contribution in [3.05, 3.63) is 59.8 Å². The summed E-state index contributed by atoms with van der Waals surface area (Å²) in [5, 5.41) is 0. The van der Waals surface area contributed by atoms with Gasteiger partial charge in [0.15, 0.2) is 0 Å². The number of nitrogens with one attached hydrogen (secondary N) is 1. The molecule has 1 amide bonds. The number of carbonyl (C=O) groups is 2. The van der Waals surface area contributed by atoms with E-state index in [9.17, 15) is 18.0 Å². The van der Waals surface area contributed by atoms with E-state index in [1.54, 1.807) is 30.3 Å². The summed E-state index contributed by atoms with van der Waals surface area (Å²) in [6.07, 6.45) is 0.135. The third kappa shape index (κ3) is 5.06. The average Bonchev–Trinajstić information content (AvgIpc) is 2.55. The summed E-state index contributed by atoms with van der Waals surface area (Å²) in [5.41, 5.74) is 0.557. The molecule has 24 heavy (non-hydrogen) atoms. The topological polar surface area (TPSA) is 112 Å². The molecule has 126 valence electrons. The molecule has 2 aromatic rings. The van der Waals surface area contributed by atoms with Crippen LogP contribution in [0.4, 0.5) is 4.79 Å². The zero-order chi connectivity index (χ0) is 17.6. The van der Waals surface area contributed by atoms with Crippen LogP contribution in [0.3, 0.4) is 0 Å². The first kappa shape index (κ1) is 17.4. The lowest BCUT2D eigenvalue weighted by Crippen LogP contribution is -2.31. The normalized spacial score (nSPS) is 10.7. The van der Waals surface area contributed by atoms with Gasteiger partial charge in [-0.15, -0.1) is 0 Å². The molecule has 1 heterocycles. The number of benzene rings is 1. The Kier molecular flexibility index (Phi) is 5.48. The molecule has 0 fully saturated rings. The van der Waals surface area contributed by atoms with Gasteiger partial charge in [-0.1, -0.05) is 30.3 Å². The van der Waals surface area contributed by atoms with Gasteiger partial charge in [-0.25, -0.2) is 22.9 Å². The van der Waals surface area contributed by atoms with Crippen LogP contribution in [0.5, 0.6) is 5.88 Å². The molecule has 0 aliphatic carbocycles. The van der Waals surface area contributed by atoms with Crippen molar-refractivity contribution in [3.63, 3.8) is 0 Å². The van der Waals surface area contributed by atoms with Crippen LogP contribution in [-0.4, -0.2) is 32.6 Å². The van der Waals surface area contributed by atoms with E-state index in [2.05, 4.69) is 14.5 Å². The van der Waals surface area contributed by atoms with Gasteiger partial charge < -0.3 is 9.47 Å². The smallest absolute Gasteiger partial charge is 0.437 e. The Labute approximate surface area is 138 Å². The van der Waals surface area contributed by atoms with Crippen LogP contribution in [-0.2, 0) is 20.5 Å². The fraction of sp³-hybridized carbons (Fsp3) is 0.133. The number of carbonyl (C=O) groups excluding carboxylic acids is 2. The van der Waals surface area contributed by atoms with E-state index in [1.165, 1.54) is 12.1 Å². The third-order valence-electron chi connectivity index (χ3n) is 2.80. The number of amides is 1. The first-order valence-electron chi connectivity index (χ1n) is 6.70. The van der Waals surface area contributed by atoms with Gasteiger partial charge in [0.2, 0.25) is 15.9 Å². The molecular weight excluding hydrogens is 336 g/mol. The summed E-state index contributed by atoms with van der Waals surface area (Å²) in [5.74, 6) is -1.23. The van der Waals surface area contributed by atoms with E-state index in [1.807, 2.05) is 4.72 Å². The Morgan fingerprint density at radius 3 is 2.42 bits per heavy atom. The zero-order valence-electron chi connectivity index (χ0n) is 12.6. The lowest BCUT2D eigenvalue weighted by Gasteiger charge is -2.07. The largest absolute Gasteiger partial charge is 0.514 e. The van der Waals surface area contributed by atoms with Gasteiger partial charge in [0.1, 0.15) is 0 Å². The first-order chi connectivity index (χ1) is 11.4. The summed E-state index contributed by atoms with van der Waals surface area (Å²) >= 11 is 0. The number of ether oxygens (including phenoxy) is 2. The van der Waals surface area contributed by atoms with Crippen molar-refractivity contribution in [2.45, 2.75) is 5.75 Å². The molecule has 9 heteroatoms. The van der Waals surface area contributed by atoms with Crippen LogP contribution in [0.15, 0.2) is 48.7 Å². The second kappa shape index (κ2) is 7.55. The van der Waals surface area contributed by atoms with Crippen LogP contribution < -0.4 is 9.46 Å². The Morgan fingerprint density at radius 2 is 1.83 bits per heavy atom. The fourth-order valence-electron chi connectivity index (χ4n) is 1.73. The molecule has 1 aromatic heterocycles. The summed E-state index contributed by atoms with van der Waals surface area (Å²) in [6.45, 7) is 0. The maximum Gasteiger partial charge on any atom is 0.514 e. The molecule has 2 rings (SSSR count). The Morgan fingerprint density at radius 1 is 1.12 bits per heavy atom. The standard InChI is InChI=1S/C15H14N2O6S/c1-22-15(19)23-13-8-7-12(9-16-13)14(18)17-24(20,21)10-11-5-3-2-4-6-11/h2-9H,10H2,1H3,(H,17,18). The van der Waals surface area contributed by atoms with E-state index in [-0.39, 0.29) is 17.2 Å². The number of methoxy groups -OCH3 is 1. The van der Waals surface area contributed by atoms with Crippen molar-refractivity contribution in [2.24, 2.45) is 0 Å². The summed E-state index contributed by atoms with van der Waals surface area (Å²) in [6, 6.07) is 11.0. The highest BCUT2D eigenvalue weighted by Crippen LogP contribution is 2.10. The second-order valence-corrected chi connectivity index (χ2v) is 6.34. The lowest BCUT2D eigenvalue weighted by molar-refractivity contribution is 0.0981. The van der Waals surface area contributed by atoms with Gasteiger partial charge >= 0.3 is 6.16 Å².